The van der Waals surface area contributed by atoms with Gasteiger partial charge in [-0.25, -0.2) is 0 Å². The number of hydrogen-bond donors (Lipinski definition) is 0. The summed E-state index contributed by atoms with van der Waals surface area (Å²) >= 11 is 2.09. The average Bonchev–Trinajstić information content (AvgIpc) is 2.19. The molecule has 0 N–H and O–H groups in total. The molecule has 1 aliphatic carbocycles. The van der Waals surface area contributed by atoms with Gasteiger partial charge < -0.3 is 0 Å². The van der Waals surface area contributed by atoms with E-state index >= 15 is 0 Å². The van der Waals surface area contributed by atoms with Crippen molar-refractivity contribution in [2.75, 3.05) is 5.75 Å². The third-order valence-electron chi connectivity index (χ3n) is 2.94. The monoisotopic (exact) mass is 211 g/mol. The second-order valence-electron chi connectivity index (χ2n) is 4.88. The molecule has 0 aromatic heterocycles. The predicted octanol–water partition coefficient (Wildman–Crippen LogP) is 3.99. The van der Waals surface area contributed by atoms with Crippen LogP contribution in [0.2, 0.25) is 0 Å². The Balaban J connectivity index is 2.12. The highest BCUT2D eigenvalue weighted by Crippen LogP contribution is 2.30. The molecule has 0 radical (unpaired) electrons. The van der Waals surface area contributed by atoms with E-state index in [9.17, 15) is 0 Å². The maximum absolute atomic E-state index is 8.87. The summed E-state index contributed by atoms with van der Waals surface area (Å²) in [6.45, 7) is 4.07. The summed E-state index contributed by atoms with van der Waals surface area (Å²) in [4.78, 5) is 0. The Hall–Kier alpha value is -0.160. The van der Waals surface area contributed by atoms with Gasteiger partial charge >= 0.3 is 0 Å². The van der Waals surface area contributed by atoms with Crippen molar-refractivity contribution in [1.29, 1.82) is 5.26 Å². The highest BCUT2D eigenvalue weighted by Gasteiger charge is 2.18. The van der Waals surface area contributed by atoms with Crippen molar-refractivity contribution >= 4 is 11.8 Å². The fourth-order valence-corrected chi connectivity index (χ4v) is 3.40. The minimum absolute atomic E-state index is 0.123. The number of thioether (sulfide) groups is 1. The van der Waals surface area contributed by atoms with Gasteiger partial charge in [-0.3, -0.25) is 0 Å². The Bertz CT molecular complexity index is 199. The van der Waals surface area contributed by atoms with Gasteiger partial charge in [0.2, 0.25) is 0 Å². The molecule has 0 unspecified atom stereocenters. The zero-order chi connectivity index (χ0) is 10.4. The molecule has 14 heavy (non-hydrogen) atoms. The maximum atomic E-state index is 8.87. The molecule has 0 spiro atoms. The van der Waals surface area contributed by atoms with Crippen LogP contribution < -0.4 is 0 Å². The number of rotatable bonds is 4. The summed E-state index contributed by atoms with van der Waals surface area (Å²) in [5.41, 5.74) is -0.123. The minimum atomic E-state index is -0.123. The molecular weight excluding hydrogens is 190 g/mol. The first-order valence-corrected chi connectivity index (χ1v) is 6.72. The van der Waals surface area contributed by atoms with Gasteiger partial charge in [-0.05, 0) is 38.9 Å². The molecule has 2 heteroatoms. The van der Waals surface area contributed by atoms with Crippen molar-refractivity contribution in [2.24, 2.45) is 5.41 Å². The van der Waals surface area contributed by atoms with Crippen molar-refractivity contribution in [3.05, 3.63) is 0 Å². The van der Waals surface area contributed by atoms with E-state index in [1.807, 2.05) is 13.8 Å². The van der Waals surface area contributed by atoms with Gasteiger partial charge in [-0.2, -0.15) is 17.0 Å². The molecule has 0 bridgehead atoms. The van der Waals surface area contributed by atoms with Crippen LogP contribution in [0.4, 0.5) is 0 Å². The highest BCUT2D eigenvalue weighted by molar-refractivity contribution is 7.99. The topological polar surface area (TPSA) is 23.8 Å². The van der Waals surface area contributed by atoms with Crippen LogP contribution in [0.25, 0.3) is 0 Å². The summed E-state index contributed by atoms with van der Waals surface area (Å²) in [6.07, 6.45) is 8.10. The van der Waals surface area contributed by atoms with Crippen LogP contribution in [0.1, 0.15) is 52.4 Å². The molecule has 0 aromatic rings. The van der Waals surface area contributed by atoms with Crippen molar-refractivity contribution in [3.63, 3.8) is 0 Å². The Morgan fingerprint density at radius 2 is 1.93 bits per heavy atom. The van der Waals surface area contributed by atoms with Crippen molar-refractivity contribution in [2.45, 2.75) is 57.6 Å². The third-order valence-corrected chi connectivity index (χ3v) is 4.32. The van der Waals surface area contributed by atoms with Crippen LogP contribution in [-0.2, 0) is 0 Å². The summed E-state index contributed by atoms with van der Waals surface area (Å²) in [5.74, 6) is 1.16. The first-order chi connectivity index (χ1) is 6.64. The molecule has 0 amide bonds. The summed E-state index contributed by atoms with van der Waals surface area (Å²) < 4.78 is 0. The van der Waals surface area contributed by atoms with Gasteiger partial charge in [0.05, 0.1) is 11.5 Å². The van der Waals surface area contributed by atoms with Gasteiger partial charge in [-0.1, -0.05) is 19.3 Å². The van der Waals surface area contributed by atoms with Crippen LogP contribution in [-0.4, -0.2) is 11.0 Å². The zero-order valence-electron chi connectivity index (χ0n) is 9.38. The number of hydrogen-bond acceptors (Lipinski definition) is 2. The van der Waals surface area contributed by atoms with E-state index in [1.54, 1.807) is 0 Å². The zero-order valence-corrected chi connectivity index (χ0v) is 10.2. The smallest absolute Gasteiger partial charge is 0.0684 e. The average molecular weight is 211 g/mol. The third kappa shape index (κ3) is 4.37. The molecular formula is C12H21NS. The van der Waals surface area contributed by atoms with E-state index in [0.717, 1.165) is 17.4 Å². The van der Waals surface area contributed by atoms with E-state index in [0.29, 0.717) is 0 Å². The van der Waals surface area contributed by atoms with Crippen LogP contribution in [0, 0.1) is 16.7 Å². The van der Waals surface area contributed by atoms with E-state index in [2.05, 4.69) is 17.8 Å². The lowest BCUT2D eigenvalue weighted by Gasteiger charge is -2.22. The van der Waals surface area contributed by atoms with Crippen LogP contribution in [0.3, 0.4) is 0 Å². The molecule has 80 valence electrons. The van der Waals surface area contributed by atoms with Gasteiger partial charge in [0.25, 0.3) is 0 Å². The van der Waals surface area contributed by atoms with Gasteiger partial charge in [0, 0.05) is 5.25 Å². The van der Waals surface area contributed by atoms with Crippen LogP contribution in [0.15, 0.2) is 0 Å². The van der Waals surface area contributed by atoms with Crippen LogP contribution in [0.5, 0.6) is 0 Å². The SMILES string of the molecule is CC(C)(C#N)CCSC1CCCCC1. The highest BCUT2D eigenvalue weighted by atomic mass is 32.2. The quantitative estimate of drug-likeness (QED) is 0.702. The standard InChI is InChI=1S/C12H21NS/c1-12(2,10-13)8-9-14-11-6-4-3-5-7-11/h11H,3-9H2,1-2H3. The van der Waals surface area contributed by atoms with Crippen LogP contribution >= 0.6 is 11.8 Å². The van der Waals surface area contributed by atoms with Crippen molar-refractivity contribution in [3.8, 4) is 6.07 Å². The summed E-state index contributed by atoms with van der Waals surface area (Å²) in [6, 6.07) is 2.37. The molecule has 1 fully saturated rings. The first kappa shape index (κ1) is 11.9. The molecule has 1 aliphatic rings. The Morgan fingerprint density at radius 3 is 2.50 bits per heavy atom. The van der Waals surface area contributed by atoms with Crippen molar-refractivity contribution in [1.82, 2.24) is 0 Å². The number of nitrogens with zero attached hydrogens (tertiary/aromatic N) is 1. The molecule has 0 heterocycles. The number of nitriles is 1. The molecule has 1 saturated carbocycles. The van der Waals surface area contributed by atoms with E-state index < -0.39 is 0 Å². The van der Waals surface area contributed by atoms with Gasteiger partial charge in [0.1, 0.15) is 0 Å². The lowest BCUT2D eigenvalue weighted by molar-refractivity contribution is 0.479. The van der Waals surface area contributed by atoms with Crippen molar-refractivity contribution < 1.29 is 0 Å². The molecule has 1 nitrogen and oxygen atoms in total. The lowest BCUT2D eigenvalue weighted by Crippen LogP contribution is -2.13. The van der Waals surface area contributed by atoms with E-state index in [1.165, 1.54) is 32.1 Å². The normalized spacial score (nSPS) is 19.2. The van der Waals surface area contributed by atoms with Gasteiger partial charge in [0.15, 0.2) is 0 Å². The molecule has 1 rings (SSSR count). The molecule has 0 saturated heterocycles. The fourth-order valence-electron chi connectivity index (χ4n) is 1.77. The van der Waals surface area contributed by atoms with E-state index in [-0.39, 0.29) is 5.41 Å². The molecule has 0 aliphatic heterocycles. The Kier molecular flexibility index (Phi) is 4.81. The van der Waals surface area contributed by atoms with E-state index in [4.69, 9.17) is 5.26 Å². The largest absolute Gasteiger partial charge is 0.198 e. The minimum Gasteiger partial charge on any atom is -0.198 e. The second-order valence-corrected chi connectivity index (χ2v) is 6.28. The summed E-state index contributed by atoms with van der Waals surface area (Å²) in [7, 11) is 0. The summed E-state index contributed by atoms with van der Waals surface area (Å²) in [5, 5.41) is 9.76. The Morgan fingerprint density at radius 1 is 1.29 bits per heavy atom. The predicted molar refractivity (Wildman–Crippen MR) is 63.3 cm³/mol. The fraction of sp³-hybridized carbons (Fsp3) is 0.917. The first-order valence-electron chi connectivity index (χ1n) is 5.67. The Labute approximate surface area is 92.3 Å². The van der Waals surface area contributed by atoms with Gasteiger partial charge in [-0.15, -0.1) is 0 Å². The lowest BCUT2D eigenvalue weighted by atomic mass is 9.93. The molecule has 0 aromatic carbocycles. The maximum Gasteiger partial charge on any atom is 0.0684 e. The molecule has 0 atom stereocenters. The second kappa shape index (κ2) is 5.66.